The number of rotatable bonds is 6. The zero-order valence-corrected chi connectivity index (χ0v) is 12.2. The van der Waals surface area contributed by atoms with Crippen LogP contribution in [0.25, 0.3) is 0 Å². The van der Waals surface area contributed by atoms with E-state index in [-0.39, 0.29) is 18.4 Å². The number of urea groups is 1. The van der Waals surface area contributed by atoms with Gasteiger partial charge in [-0.2, -0.15) is 0 Å². The highest BCUT2D eigenvalue weighted by Crippen LogP contribution is 2.09. The Bertz CT molecular complexity index is 624. The van der Waals surface area contributed by atoms with Gasteiger partial charge < -0.3 is 16.4 Å². The monoisotopic (exact) mass is 297 g/mol. The van der Waals surface area contributed by atoms with E-state index in [4.69, 9.17) is 5.73 Å². The van der Waals surface area contributed by atoms with Crippen molar-refractivity contribution >= 4 is 17.6 Å². The highest BCUT2D eigenvalue weighted by molar-refractivity contribution is 5.89. The molecule has 2 aromatic rings. The van der Waals surface area contributed by atoms with Crippen LogP contribution in [0.4, 0.5) is 10.5 Å². The Morgan fingerprint density at radius 1 is 0.909 bits per heavy atom. The van der Waals surface area contributed by atoms with Crippen LogP contribution < -0.4 is 16.4 Å². The van der Waals surface area contributed by atoms with Gasteiger partial charge in [-0.05, 0) is 29.7 Å². The molecule has 0 spiro atoms. The topological polar surface area (TPSA) is 84.2 Å². The predicted octanol–water partition coefficient (Wildman–Crippen LogP) is 2.08. The van der Waals surface area contributed by atoms with Crippen molar-refractivity contribution < 1.29 is 9.59 Å². The molecule has 0 atom stereocenters. The second-order valence-corrected chi connectivity index (χ2v) is 4.96. The fraction of sp³-hybridized carbons (Fsp3) is 0.176. The molecule has 0 radical (unpaired) electrons. The standard InChI is InChI=1S/C17H19N3O2/c18-16(21)12-14-6-8-15(9-7-14)20-17(22)19-11-10-13-4-2-1-3-5-13/h1-9H,10-12H2,(H2,18,21)(H2,19,20,22). The van der Waals surface area contributed by atoms with Crippen molar-refractivity contribution in [2.24, 2.45) is 5.73 Å². The average Bonchev–Trinajstić information content (AvgIpc) is 2.50. The number of primary amides is 1. The normalized spacial score (nSPS) is 10.0. The van der Waals surface area contributed by atoms with Crippen molar-refractivity contribution in [3.05, 3.63) is 65.7 Å². The van der Waals surface area contributed by atoms with Crippen molar-refractivity contribution in [1.82, 2.24) is 5.32 Å². The number of benzene rings is 2. The van der Waals surface area contributed by atoms with E-state index in [1.54, 1.807) is 24.3 Å². The van der Waals surface area contributed by atoms with Gasteiger partial charge in [0.05, 0.1) is 6.42 Å². The minimum absolute atomic E-state index is 0.198. The molecule has 5 nitrogen and oxygen atoms in total. The van der Waals surface area contributed by atoms with E-state index in [2.05, 4.69) is 10.6 Å². The van der Waals surface area contributed by atoms with Gasteiger partial charge in [0, 0.05) is 12.2 Å². The van der Waals surface area contributed by atoms with Crippen molar-refractivity contribution in [2.75, 3.05) is 11.9 Å². The molecule has 0 saturated carbocycles. The lowest BCUT2D eigenvalue weighted by Crippen LogP contribution is -2.30. The van der Waals surface area contributed by atoms with Crippen molar-refractivity contribution in [2.45, 2.75) is 12.8 Å². The molecule has 0 aliphatic rings. The summed E-state index contributed by atoms with van der Waals surface area (Å²) in [4.78, 5) is 22.6. The molecule has 4 N–H and O–H groups in total. The molecule has 0 heterocycles. The largest absolute Gasteiger partial charge is 0.369 e. The van der Waals surface area contributed by atoms with E-state index in [1.807, 2.05) is 30.3 Å². The molecule has 2 rings (SSSR count). The van der Waals surface area contributed by atoms with E-state index < -0.39 is 0 Å². The Kier molecular flexibility index (Phi) is 5.54. The summed E-state index contributed by atoms with van der Waals surface area (Å²) in [5.74, 6) is -0.376. The van der Waals surface area contributed by atoms with Gasteiger partial charge in [0.25, 0.3) is 0 Å². The number of amides is 3. The zero-order valence-electron chi connectivity index (χ0n) is 12.2. The lowest BCUT2D eigenvalue weighted by molar-refractivity contribution is -0.117. The molecule has 5 heteroatoms. The molecule has 0 aliphatic heterocycles. The summed E-state index contributed by atoms with van der Waals surface area (Å²) in [5, 5.41) is 5.54. The first-order chi connectivity index (χ1) is 10.6. The summed E-state index contributed by atoms with van der Waals surface area (Å²) in [6.45, 7) is 0.565. The molecule has 2 aromatic carbocycles. The van der Waals surface area contributed by atoms with Crippen LogP contribution >= 0.6 is 0 Å². The van der Waals surface area contributed by atoms with Crippen molar-refractivity contribution in [1.29, 1.82) is 0 Å². The van der Waals surface area contributed by atoms with Crippen LogP contribution in [-0.2, 0) is 17.6 Å². The Labute approximate surface area is 129 Å². The van der Waals surface area contributed by atoms with Gasteiger partial charge in [-0.3, -0.25) is 4.79 Å². The molecule has 3 amide bonds. The highest BCUT2D eigenvalue weighted by Gasteiger charge is 2.02. The van der Waals surface area contributed by atoms with Gasteiger partial charge in [-0.1, -0.05) is 42.5 Å². The Balaban J connectivity index is 1.75. The summed E-state index contributed by atoms with van der Waals surface area (Å²) >= 11 is 0. The van der Waals surface area contributed by atoms with Gasteiger partial charge in [0.15, 0.2) is 0 Å². The van der Waals surface area contributed by atoms with Gasteiger partial charge in [-0.15, -0.1) is 0 Å². The molecule has 0 fully saturated rings. The van der Waals surface area contributed by atoms with Crippen LogP contribution in [0.15, 0.2) is 54.6 Å². The van der Waals surface area contributed by atoms with Gasteiger partial charge in [0.1, 0.15) is 0 Å². The Morgan fingerprint density at radius 3 is 2.23 bits per heavy atom. The molecule has 0 aliphatic carbocycles. The molecule has 0 unspecified atom stereocenters. The smallest absolute Gasteiger partial charge is 0.319 e. The lowest BCUT2D eigenvalue weighted by atomic mass is 10.1. The van der Waals surface area contributed by atoms with Crippen molar-refractivity contribution in [3.63, 3.8) is 0 Å². The Hall–Kier alpha value is -2.82. The van der Waals surface area contributed by atoms with E-state index in [9.17, 15) is 9.59 Å². The fourth-order valence-electron chi connectivity index (χ4n) is 2.05. The predicted molar refractivity (Wildman–Crippen MR) is 86.5 cm³/mol. The summed E-state index contributed by atoms with van der Waals surface area (Å²) in [6.07, 6.45) is 0.982. The summed E-state index contributed by atoms with van der Waals surface area (Å²) < 4.78 is 0. The molecule has 22 heavy (non-hydrogen) atoms. The van der Waals surface area contributed by atoms with Crippen LogP contribution in [0.1, 0.15) is 11.1 Å². The number of hydrogen-bond acceptors (Lipinski definition) is 2. The maximum absolute atomic E-state index is 11.8. The lowest BCUT2D eigenvalue weighted by Gasteiger charge is -2.08. The molecule has 0 bridgehead atoms. The van der Waals surface area contributed by atoms with E-state index >= 15 is 0 Å². The van der Waals surface area contributed by atoms with Gasteiger partial charge in [0.2, 0.25) is 5.91 Å². The first kappa shape index (κ1) is 15.6. The molecule has 0 saturated heterocycles. The SMILES string of the molecule is NC(=O)Cc1ccc(NC(=O)NCCc2ccccc2)cc1. The van der Waals surface area contributed by atoms with Crippen LogP contribution in [0, 0.1) is 0 Å². The van der Waals surface area contributed by atoms with E-state index in [0.717, 1.165) is 12.0 Å². The third kappa shape index (κ3) is 5.28. The third-order valence-corrected chi connectivity index (χ3v) is 3.13. The summed E-state index contributed by atoms with van der Waals surface area (Å²) in [5.41, 5.74) is 7.80. The number of anilines is 1. The first-order valence-corrected chi connectivity index (χ1v) is 7.09. The summed E-state index contributed by atoms with van der Waals surface area (Å²) in [6, 6.07) is 16.7. The second kappa shape index (κ2) is 7.83. The van der Waals surface area contributed by atoms with E-state index in [0.29, 0.717) is 12.2 Å². The number of nitrogens with one attached hydrogen (secondary N) is 2. The quantitative estimate of drug-likeness (QED) is 0.762. The number of carbonyl (C=O) groups excluding carboxylic acids is 2. The second-order valence-electron chi connectivity index (χ2n) is 4.96. The van der Waals surface area contributed by atoms with Crippen LogP contribution in [0.2, 0.25) is 0 Å². The molecular formula is C17H19N3O2. The van der Waals surface area contributed by atoms with Crippen molar-refractivity contribution in [3.8, 4) is 0 Å². The Morgan fingerprint density at radius 2 is 1.59 bits per heavy atom. The number of carbonyl (C=O) groups is 2. The van der Waals surface area contributed by atoms with Crippen LogP contribution in [-0.4, -0.2) is 18.5 Å². The molecular weight excluding hydrogens is 278 g/mol. The van der Waals surface area contributed by atoms with Crippen LogP contribution in [0.5, 0.6) is 0 Å². The molecule has 114 valence electrons. The van der Waals surface area contributed by atoms with Crippen LogP contribution in [0.3, 0.4) is 0 Å². The molecule has 0 aromatic heterocycles. The van der Waals surface area contributed by atoms with Gasteiger partial charge >= 0.3 is 6.03 Å². The maximum Gasteiger partial charge on any atom is 0.319 e. The summed E-state index contributed by atoms with van der Waals surface area (Å²) in [7, 11) is 0. The number of hydrogen-bond donors (Lipinski definition) is 3. The first-order valence-electron chi connectivity index (χ1n) is 7.09. The minimum atomic E-state index is -0.376. The third-order valence-electron chi connectivity index (χ3n) is 3.13. The maximum atomic E-state index is 11.8. The van der Waals surface area contributed by atoms with Gasteiger partial charge in [-0.25, -0.2) is 4.79 Å². The number of nitrogens with two attached hydrogens (primary N) is 1. The zero-order chi connectivity index (χ0) is 15.8. The van der Waals surface area contributed by atoms with E-state index in [1.165, 1.54) is 5.56 Å². The minimum Gasteiger partial charge on any atom is -0.369 e. The highest BCUT2D eigenvalue weighted by atomic mass is 16.2. The fourth-order valence-corrected chi connectivity index (χ4v) is 2.05. The average molecular weight is 297 g/mol.